The Bertz CT molecular complexity index is 905. The van der Waals surface area contributed by atoms with Gasteiger partial charge in [-0.1, -0.05) is 30.3 Å². The second kappa shape index (κ2) is 8.35. The van der Waals surface area contributed by atoms with E-state index in [0.717, 1.165) is 30.4 Å². The molecule has 0 spiro atoms. The van der Waals surface area contributed by atoms with Crippen LogP contribution in [0.25, 0.3) is 0 Å². The monoisotopic (exact) mass is 376 g/mol. The van der Waals surface area contributed by atoms with Gasteiger partial charge in [0.15, 0.2) is 0 Å². The number of nitrogens with one attached hydrogen (secondary N) is 1. The fraction of sp³-hybridized carbons (Fsp3) is 0.318. The molecule has 0 bridgehead atoms. The minimum atomic E-state index is -0.254. The zero-order chi connectivity index (χ0) is 19.3. The molecule has 1 fully saturated rings. The molecule has 4 rings (SSSR count). The molecule has 1 amide bonds. The summed E-state index contributed by atoms with van der Waals surface area (Å²) in [6.45, 7) is 0.628. The van der Waals surface area contributed by atoms with Crippen molar-refractivity contribution in [1.29, 1.82) is 0 Å². The average Bonchev–Trinajstić information content (AvgIpc) is 3.15. The summed E-state index contributed by atoms with van der Waals surface area (Å²) >= 11 is 0. The van der Waals surface area contributed by atoms with Crippen molar-refractivity contribution >= 4 is 5.91 Å². The molecule has 144 valence electrons. The van der Waals surface area contributed by atoms with Crippen LogP contribution >= 0.6 is 0 Å². The quantitative estimate of drug-likeness (QED) is 0.664. The van der Waals surface area contributed by atoms with Gasteiger partial charge in [0.2, 0.25) is 0 Å². The minimum Gasteiger partial charge on any atom is -0.393 e. The number of pyridine rings is 1. The molecular weight excluding hydrogens is 352 g/mol. The number of aliphatic hydroxyl groups excluding tert-OH is 1. The molecule has 2 aromatic heterocycles. The van der Waals surface area contributed by atoms with E-state index in [0.29, 0.717) is 12.1 Å². The number of rotatable bonds is 7. The SMILES string of the molecule is O=C(N[C@@H](Cc1ccncc1)C1CC(O)C1)c1cnn(Cc2ccccc2)c1. The van der Waals surface area contributed by atoms with Gasteiger partial charge in [-0.25, -0.2) is 0 Å². The molecule has 1 aromatic carbocycles. The van der Waals surface area contributed by atoms with E-state index in [4.69, 9.17) is 0 Å². The third kappa shape index (κ3) is 4.46. The lowest BCUT2D eigenvalue weighted by molar-refractivity contribution is 0.0239. The van der Waals surface area contributed by atoms with Crippen LogP contribution in [0.1, 0.15) is 34.3 Å². The number of aromatic nitrogens is 3. The molecule has 1 aliphatic carbocycles. The molecule has 3 aromatic rings. The Balaban J connectivity index is 1.42. The third-order valence-electron chi connectivity index (χ3n) is 5.32. The van der Waals surface area contributed by atoms with Gasteiger partial charge in [-0.05, 0) is 48.4 Å². The summed E-state index contributed by atoms with van der Waals surface area (Å²) in [6, 6.07) is 13.9. The number of hydrogen-bond donors (Lipinski definition) is 2. The van der Waals surface area contributed by atoms with Gasteiger partial charge >= 0.3 is 0 Å². The molecule has 2 heterocycles. The van der Waals surface area contributed by atoms with Gasteiger partial charge in [-0.3, -0.25) is 14.5 Å². The van der Waals surface area contributed by atoms with Crippen molar-refractivity contribution in [3.63, 3.8) is 0 Å². The first-order chi connectivity index (χ1) is 13.7. The summed E-state index contributed by atoms with van der Waals surface area (Å²) < 4.78 is 1.77. The van der Waals surface area contributed by atoms with E-state index in [1.54, 1.807) is 29.5 Å². The van der Waals surface area contributed by atoms with Crippen LogP contribution in [0.15, 0.2) is 67.3 Å². The summed E-state index contributed by atoms with van der Waals surface area (Å²) in [5.74, 6) is 0.159. The number of amides is 1. The Morgan fingerprint density at radius 2 is 1.89 bits per heavy atom. The zero-order valence-electron chi connectivity index (χ0n) is 15.6. The largest absolute Gasteiger partial charge is 0.393 e. The third-order valence-corrected chi connectivity index (χ3v) is 5.32. The van der Waals surface area contributed by atoms with Gasteiger partial charge in [-0.15, -0.1) is 0 Å². The summed E-state index contributed by atoms with van der Waals surface area (Å²) in [7, 11) is 0. The molecule has 0 unspecified atom stereocenters. The van der Waals surface area contributed by atoms with E-state index < -0.39 is 0 Å². The van der Waals surface area contributed by atoms with Crippen molar-refractivity contribution < 1.29 is 9.90 Å². The van der Waals surface area contributed by atoms with E-state index in [1.807, 2.05) is 42.5 Å². The van der Waals surface area contributed by atoms with Crippen LogP contribution in [0.5, 0.6) is 0 Å². The Morgan fingerprint density at radius 3 is 2.61 bits per heavy atom. The highest BCUT2D eigenvalue weighted by Gasteiger charge is 2.35. The highest BCUT2D eigenvalue weighted by atomic mass is 16.3. The maximum Gasteiger partial charge on any atom is 0.254 e. The maximum absolute atomic E-state index is 12.8. The summed E-state index contributed by atoms with van der Waals surface area (Å²) in [6.07, 6.45) is 8.83. The number of benzene rings is 1. The Hall–Kier alpha value is -2.99. The molecular formula is C22H24N4O2. The van der Waals surface area contributed by atoms with Crippen LogP contribution in [-0.4, -0.2) is 37.9 Å². The first-order valence-electron chi connectivity index (χ1n) is 9.61. The zero-order valence-corrected chi connectivity index (χ0v) is 15.6. The molecule has 2 N–H and O–H groups in total. The fourth-order valence-corrected chi connectivity index (χ4v) is 3.66. The summed E-state index contributed by atoms with van der Waals surface area (Å²) in [4.78, 5) is 16.8. The molecule has 0 aliphatic heterocycles. The summed E-state index contributed by atoms with van der Waals surface area (Å²) in [5, 5.41) is 17.2. The van der Waals surface area contributed by atoms with Gasteiger partial charge in [0.1, 0.15) is 0 Å². The van der Waals surface area contributed by atoms with Crippen molar-refractivity contribution in [2.45, 2.75) is 38.0 Å². The average molecular weight is 376 g/mol. The van der Waals surface area contributed by atoms with E-state index in [2.05, 4.69) is 15.4 Å². The molecule has 1 aliphatic rings. The highest BCUT2D eigenvalue weighted by molar-refractivity contribution is 5.93. The minimum absolute atomic E-state index is 0.0178. The van der Waals surface area contributed by atoms with Crippen LogP contribution in [0.3, 0.4) is 0 Å². The fourth-order valence-electron chi connectivity index (χ4n) is 3.66. The molecule has 0 saturated heterocycles. The van der Waals surface area contributed by atoms with Crippen molar-refractivity contribution in [2.24, 2.45) is 5.92 Å². The smallest absolute Gasteiger partial charge is 0.254 e. The first kappa shape index (κ1) is 18.4. The number of carbonyl (C=O) groups excluding carboxylic acids is 1. The predicted octanol–water partition coefficient (Wildman–Crippen LogP) is 2.44. The lowest BCUT2D eigenvalue weighted by Gasteiger charge is -2.38. The van der Waals surface area contributed by atoms with Gasteiger partial charge in [0.05, 0.1) is 24.4 Å². The van der Waals surface area contributed by atoms with Crippen molar-refractivity contribution in [3.05, 3.63) is 83.9 Å². The Kier molecular flexibility index (Phi) is 5.48. The van der Waals surface area contributed by atoms with Crippen LogP contribution in [-0.2, 0) is 13.0 Å². The van der Waals surface area contributed by atoms with Gasteiger partial charge in [-0.2, -0.15) is 5.10 Å². The lowest BCUT2D eigenvalue weighted by atomic mass is 9.75. The van der Waals surface area contributed by atoms with Crippen LogP contribution < -0.4 is 5.32 Å². The van der Waals surface area contributed by atoms with E-state index in [-0.39, 0.29) is 24.0 Å². The van der Waals surface area contributed by atoms with Crippen LogP contribution in [0.2, 0.25) is 0 Å². The highest BCUT2D eigenvalue weighted by Crippen LogP contribution is 2.31. The van der Waals surface area contributed by atoms with Gasteiger partial charge in [0, 0.05) is 24.6 Å². The topological polar surface area (TPSA) is 80.0 Å². The van der Waals surface area contributed by atoms with E-state index in [9.17, 15) is 9.90 Å². The van der Waals surface area contributed by atoms with Gasteiger partial charge in [0.25, 0.3) is 5.91 Å². The van der Waals surface area contributed by atoms with Crippen molar-refractivity contribution in [2.75, 3.05) is 0 Å². The molecule has 1 atom stereocenters. The lowest BCUT2D eigenvalue weighted by Crippen LogP contribution is -2.48. The number of carbonyl (C=O) groups is 1. The maximum atomic E-state index is 12.8. The van der Waals surface area contributed by atoms with Crippen molar-refractivity contribution in [1.82, 2.24) is 20.1 Å². The molecule has 28 heavy (non-hydrogen) atoms. The molecule has 6 heteroatoms. The van der Waals surface area contributed by atoms with E-state index >= 15 is 0 Å². The van der Waals surface area contributed by atoms with E-state index in [1.165, 1.54) is 0 Å². The number of hydrogen-bond acceptors (Lipinski definition) is 4. The standard InChI is InChI=1S/C22H24N4O2/c27-20-11-18(12-20)21(10-16-6-8-23-9-7-16)25-22(28)19-13-24-26(15-19)14-17-4-2-1-3-5-17/h1-9,13,15,18,20-21,27H,10-12,14H2,(H,25,28)/t18?,20?,21-/m0/s1. The normalized spacial score (nSPS) is 19.6. The summed E-state index contributed by atoms with van der Waals surface area (Å²) in [5.41, 5.74) is 2.81. The second-order valence-electron chi connectivity index (χ2n) is 7.44. The molecule has 0 radical (unpaired) electrons. The Morgan fingerprint density at radius 1 is 1.14 bits per heavy atom. The molecule has 1 saturated carbocycles. The van der Waals surface area contributed by atoms with Crippen molar-refractivity contribution in [3.8, 4) is 0 Å². The Labute approximate surface area is 164 Å². The molecule has 6 nitrogen and oxygen atoms in total. The predicted molar refractivity (Wildman–Crippen MR) is 106 cm³/mol. The first-order valence-corrected chi connectivity index (χ1v) is 9.61. The number of aliphatic hydroxyl groups is 1. The van der Waals surface area contributed by atoms with Crippen LogP contribution in [0.4, 0.5) is 0 Å². The second-order valence-corrected chi connectivity index (χ2v) is 7.44. The number of nitrogens with zero attached hydrogens (tertiary/aromatic N) is 3. The van der Waals surface area contributed by atoms with Crippen LogP contribution in [0, 0.1) is 5.92 Å². The van der Waals surface area contributed by atoms with Gasteiger partial charge < -0.3 is 10.4 Å².